The fourth-order valence-electron chi connectivity index (χ4n) is 3.38. The van der Waals surface area contributed by atoms with Gasteiger partial charge in [0.05, 0.1) is 16.0 Å². The van der Waals surface area contributed by atoms with E-state index in [0.717, 1.165) is 0 Å². The van der Waals surface area contributed by atoms with Gasteiger partial charge in [-0.25, -0.2) is 0 Å². The normalized spacial score (nSPS) is 16.1. The Morgan fingerprint density at radius 3 is 2.32 bits per heavy atom. The highest BCUT2D eigenvalue weighted by molar-refractivity contribution is 9.10. The van der Waals surface area contributed by atoms with Crippen molar-refractivity contribution < 1.29 is 23.9 Å². The first-order chi connectivity index (χ1) is 13.6. The number of imide groups is 1. The molecule has 0 saturated heterocycles. The number of halogens is 1. The fourth-order valence-corrected chi connectivity index (χ4v) is 3.97. The van der Waals surface area contributed by atoms with Crippen molar-refractivity contribution in [2.24, 2.45) is 0 Å². The molecule has 1 unspecified atom stereocenters. The van der Waals surface area contributed by atoms with Crippen LogP contribution in [-0.2, 0) is 0 Å². The zero-order valence-corrected chi connectivity index (χ0v) is 16.6. The smallest absolute Gasteiger partial charge is 0.261 e. The maximum atomic E-state index is 12.7. The number of carbonyl (C=O) groups is 3. The Hall–Kier alpha value is -2.67. The first-order valence-corrected chi connectivity index (χ1v) is 10.0. The van der Waals surface area contributed by atoms with Gasteiger partial charge in [-0.3, -0.25) is 19.3 Å². The minimum Gasteiger partial charge on any atom is -0.486 e. The number of ketones is 1. The van der Waals surface area contributed by atoms with Crippen molar-refractivity contribution in [2.75, 3.05) is 19.8 Å². The van der Waals surface area contributed by atoms with Crippen molar-refractivity contribution in [1.29, 1.82) is 0 Å². The van der Waals surface area contributed by atoms with E-state index in [0.29, 0.717) is 54.2 Å². The van der Waals surface area contributed by atoms with E-state index >= 15 is 0 Å². The highest BCUT2D eigenvalue weighted by atomic mass is 79.9. The maximum Gasteiger partial charge on any atom is 0.261 e. The van der Waals surface area contributed by atoms with Crippen LogP contribution in [0.4, 0.5) is 0 Å². The molecule has 0 N–H and O–H groups in total. The van der Waals surface area contributed by atoms with E-state index in [1.54, 1.807) is 42.5 Å². The van der Waals surface area contributed by atoms with Crippen LogP contribution in [0.2, 0.25) is 0 Å². The molecule has 0 bridgehead atoms. The number of amides is 2. The topological polar surface area (TPSA) is 72.9 Å². The van der Waals surface area contributed by atoms with Crippen molar-refractivity contribution in [3.8, 4) is 11.5 Å². The van der Waals surface area contributed by atoms with Gasteiger partial charge in [0.15, 0.2) is 17.3 Å². The Balaban J connectivity index is 1.35. The lowest BCUT2D eigenvalue weighted by Gasteiger charge is -2.19. The monoisotopic (exact) mass is 443 g/mol. The van der Waals surface area contributed by atoms with Gasteiger partial charge in [0.1, 0.15) is 13.2 Å². The highest BCUT2D eigenvalue weighted by Crippen LogP contribution is 2.32. The molecule has 0 aromatic heterocycles. The molecule has 2 aromatic rings. The molecule has 7 heteroatoms. The Kier molecular flexibility index (Phi) is 5.17. The Morgan fingerprint density at radius 2 is 1.64 bits per heavy atom. The second kappa shape index (κ2) is 7.75. The third-order valence-corrected chi connectivity index (χ3v) is 5.70. The first-order valence-electron chi connectivity index (χ1n) is 9.09. The lowest BCUT2D eigenvalue weighted by molar-refractivity contribution is 0.0652. The zero-order valence-electron chi connectivity index (χ0n) is 15.0. The molecule has 2 aliphatic rings. The summed E-state index contributed by atoms with van der Waals surface area (Å²) in [5.41, 5.74) is 1.41. The number of carbonyl (C=O) groups excluding carboxylic acids is 3. The van der Waals surface area contributed by atoms with Gasteiger partial charge < -0.3 is 9.47 Å². The van der Waals surface area contributed by atoms with Gasteiger partial charge in [-0.1, -0.05) is 28.1 Å². The summed E-state index contributed by atoms with van der Waals surface area (Å²) < 4.78 is 11.0. The standard InChI is InChI=1S/C21H18BrNO5/c22-16(19(24)13-7-8-17-18(12-13)28-11-10-27-17)6-3-9-23-20(25)14-4-1-2-5-15(14)21(23)26/h1-2,4-5,7-8,12,16H,3,6,9-11H2. The third-order valence-electron chi connectivity index (χ3n) is 4.83. The zero-order chi connectivity index (χ0) is 19.7. The number of alkyl halides is 1. The Bertz CT molecular complexity index is 923. The number of benzene rings is 2. The number of rotatable bonds is 6. The van der Waals surface area contributed by atoms with Crippen LogP contribution in [0.25, 0.3) is 0 Å². The molecule has 0 saturated carbocycles. The van der Waals surface area contributed by atoms with Crippen LogP contribution in [0.3, 0.4) is 0 Å². The van der Waals surface area contributed by atoms with E-state index in [1.165, 1.54) is 4.90 Å². The molecular formula is C21H18BrNO5. The summed E-state index contributed by atoms with van der Waals surface area (Å²) in [6, 6.07) is 12.0. The largest absolute Gasteiger partial charge is 0.486 e. The van der Waals surface area contributed by atoms with E-state index in [-0.39, 0.29) is 24.1 Å². The summed E-state index contributed by atoms with van der Waals surface area (Å²) in [5.74, 6) is 0.594. The first kappa shape index (κ1) is 18.7. The third kappa shape index (κ3) is 3.42. The fraction of sp³-hybridized carbons (Fsp3) is 0.286. The summed E-state index contributed by atoms with van der Waals surface area (Å²) in [4.78, 5) is 38.3. The van der Waals surface area contributed by atoms with Gasteiger partial charge in [0.25, 0.3) is 11.8 Å². The van der Waals surface area contributed by atoms with Crippen molar-refractivity contribution in [1.82, 2.24) is 4.90 Å². The predicted octanol–water partition coefficient (Wildman–Crippen LogP) is 3.48. The van der Waals surface area contributed by atoms with Crippen molar-refractivity contribution in [3.05, 3.63) is 59.2 Å². The molecule has 0 spiro atoms. The van der Waals surface area contributed by atoms with Gasteiger partial charge in [0.2, 0.25) is 0 Å². The van der Waals surface area contributed by atoms with Crippen LogP contribution in [0, 0.1) is 0 Å². The van der Waals surface area contributed by atoms with E-state index < -0.39 is 4.83 Å². The van der Waals surface area contributed by atoms with Crippen molar-refractivity contribution in [3.63, 3.8) is 0 Å². The molecular weight excluding hydrogens is 426 g/mol. The second-order valence-corrected chi connectivity index (χ2v) is 7.75. The Morgan fingerprint density at radius 1 is 1.00 bits per heavy atom. The summed E-state index contributed by atoms with van der Waals surface area (Å²) in [7, 11) is 0. The summed E-state index contributed by atoms with van der Waals surface area (Å²) in [5, 5.41) is 0. The van der Waals surface area contributed by atoms with Crippen molar-refractivity contribution in [2.45, 2.75) is 17.7 Å². The second-order valence-electron chi connectivity index (χ2n) is 6.64. The maximum absolute atomic E-state index is 12.7. The molecule has 0 radical (unpaired) electrons. The molecule has 28 heavy (non-hydrogen) atoms. The molecule has 6 nitrogen and oxygen atoms in total. The van der Waals surface area contributed by atoms with Gasteiger partial charge >= 0.3 is 0 Å². The molecule has 1 atom stereocenters. The van der Waals surface area contributed by atoms with Crippen molar-refractivity contribution >= 4 is 33.5 Å². The van der Waals surface area contributed by atoms with E-state index in [9.17, 15) is 14.4 Å². The van der Waals surface area contributed by atoms with Crippen LogP contribution in [0.15, 0.2) is 42.5 Å². The lowest BCUT2D eigenvalue weighted by Crippen LogP contribution is -2.31. The number of nitrogens with zero attached hydrogens (tertiary/aromatic N) is 1. The number of hydrogen-bond donors (Lipinski definition) is 0. The molecule has 4 rings (SSSR count). The van der Waals surface area contributed by atoms with Gasteiger partial charge in [-0.15, -0.1) is 0 Å². The lowest BCUT2D eigenvalue weighted by atomic mass is 10.0. The van der Waals surface area contributed by atoms with E-state index in [1.807, 2.05) is 0 Å². The number of Topliss-reactive ketones (excluding diaryl/α,β-unsaturated/α-hetero) is 1. The molecule has 144 valence electrons. The van der Waals surface area contributed by atoms with Crippen LogP contribution < -0.4 is 9.47 Å². The number of hydrogen-bond acceptors (Lipinski definition) is 5. The number of ether oxygens (including phenoxy) is 2. The van der Waals surface area contributed by atoms with Gasteiger partial charge in [-0.05, 0) is 43.2 Å². The summed E-state index contributed by atoms with van der Waals surface area (Å²) in [6.07, 6.45) is 1.03. The SMILES string of the molecule is O=C(c1ccc2c(c1)OCCO2)C(Br)CCCN1C(=O)c2ccccc2C1=O. The number of fused-ring (bicyclic) bond motifs is 2. The van der Waals surface area contributed by atoms with Gasteiger partial charge in [0, 0.05) is 12.1 Å². The molecule has 2 aliphatic heterocycles. The summed E-state index contributed by atoms with van der Waals surface area (Å²) in [6.45, 7) is 1.24. The van der Waals surface area contributed by atoms with Crippen LogP contribution in [-0.4, -0.2) is 47.1 Å². The minimum atomic E-state index is -0.412. The Labute approximate surface area is 170 Å². The molecule has 2 heterocycles. The highest BCUT2D eigenvalue weighted by Gasteiger charge is 2.34. The van der Waals surface area contributed by atoms with E-state index in [4.69, 9.17) is 9.47 Å². The van der Waals surface area contributed by atoms with Crippen LogP contribution in [0.1, 0.15) is 43.9 Å². The van der Waals surface area contributed by atoms with E-state index in [2.05, 4.69) is 15.9 Å². The van der Waals surface area contributed by atoms with Crippen LogP contribution in [0.5, 0.6) is 11.5 Å². The van der Waals surface area contributed by atoms with Gasteiger partial charge in [-0.2, -0.15) is 0 Å². The molecule has 0 fully saturated rings. The average molecular weight is 444 g/mol. The minimum absolute atomic E-state index is 0.0701. The average Bonchev–Trinajstić information content (AvgIpc) is 2.98. The van der Waals surface area contributed by atoms with Crippen LogP contribution >= 0.6 is 15.9 Å². The summed E-state index contributed by atoms with van der Waals surface area (Å²) >= 11 is 3.43. The molecule has 2 amide bonds. The predicted molar refractivity (Wildman–Crippen MR) is 106 cm³/mol. The quantitative estimate of drug-likeness (QED) is 0.388. The molecule has 0 aliphatic carbocycles. The molecule has 2 aromatic carbocycles.